The zero-order chi connectivity index (χ0) is 11.7. The predicted octanol–water partition coefficient (Wildman–Crippen LogP) is 3.46. The van der Waals surface area contributed by atoms with E-state index in [2.05, 4.69) is 41.4 Å². The van der Waals surface area contributed by atoms with Crippen molar-refractivity contribution in [3.05, 3.63) is 34.7 Å². The van der Waals surface area contributed by atoms with Crippen molar-refractivity contribution < 1.29 is 0 Å². The van der Waals surface area contributed by atoms with E-state index in [4.69, 9.17) is 0 Å². The fraction of sp³-hybridized carbons (Fsp3) is 0.429. The topological polar surface area (TPSA) is 15.3 Å². The molecular weight excluding hydrogens is 299 g/mol. The minimum atomic E-state index is 0. The number of hydrogen-bond donors (Lipinski definition) is 1. The van der Waals surface area contributed by atoms with Gasteiger partial charge in [-0.2, -0.15) is 0 Å². The Bertz CT molecular complexity index is 521. The van der Waals surface area contributed by atoms with Gasteiger partial charge < -0.3 is 5.32 Å². The fourth-order valence-electron chi connectivity index (χ4n) is 2.45. The summed E-state index contributed by atoms with van der Waals surface area (Å²) in [6.07, 6.45) is 0. The summed E-state index contributed by atoms with van der Waals surface area (Å²) < 4.78 is 1.43. The van der Waals surface area contributed by atoms with Crippen molar-refractivity contribution in [3.8, 4) is 0 Å². The normalized spacial score (nSPS) is 15.8. The molecule has 2 nitrogen and oxygen atoms in total. The van der Waals surface area contributed by atoms with Crippen molar-refractivity contribution in [2.75, 3.05) is 26.2 Å². The molecule has 3 rings (SSSR count). The number of hydrogen-bond acceptors (Lipinski definition) is 3. The monoisotopic (exact) mass is 318 g/mol. The van der Waals surface area contributed by atoms with Crippen LogP contribution in [0.3, 0.4) is 0 Å². The van der Waals surface area contributed by atoms with Gasteiger partial charge in [0.15, 0.2) is 0 Å². The van der Waals surface area contributed by atoms with Gasteiger partial charge in [0.1, 0.15) is 0 Å². The van der Waals surface area contributed by atoms with Crippen LogP contribution in [0, 0.1) is 6.92 Å². The van der Waals surface area contributed by atoms with Gasteiger partial charge >= 0.3 is 0 Å². The van der Waals surface area contributed by atoms with Gasteiger partial charge in [-0.25, -0.2) is 0 Å². The largest absolute Gasteiger partial charge is 0.314 e. The second-order valence-corrected chi connectivity index (χ2v) is 5.81. The van der Waals surface area contributed by atoms with Gasteiger partial charge in [0.05, 0.1) is 0 Å². The number of nitrogens with zero attached hydrogens (tertiary/aromatic N) is 1. The summed E-state index contributed by atoms with van der Waals surface area (Å²) in [6.45, 7) is 7.98. The lowest BCUT2D eigenvalue weighted by Crippen LogP contribution is -2.42. The quantitative estimate of drug-likeness (QED) is 0.912. The number of piperazine rings is 1. The molecule has 0 atom stereocenters. The highest BCUT2D eigenvalue weighted by molar-refractivity contribution is 7.19. The third kappa shape index (κ3) is 3.61. The third-order valence-corrected chi connectivity index (χ3v) is 4.78. The number of fused-ring (bicyclic) bond motifs is 1. The van der Waals surface area contributed by atoms with Crippen molar-refractivity contribution in [1.82, 2.24) is 10.2 Å². The van der Waals surface area contributed by atoms with Crippen LogP contribution in [0.1, 0.15) is 10.4 Å². The minimum Gasteiger partial charge on any atom is -0.314 e. The van der Waals surface area contributed by atoms with Crippen molar-refractivity contribution in [3.63, 3.8) is 0 Å². The molecule has 0 unspecified atom stereocenters. The molecule has 0 spiro atoms. The number of rotatable bonds is 2. The Labute approximate surface area is 131 Å². The Hall–Kier alpha value is -0.320. The molecule has 19 heavy (non-hydrogen) atoms. The van der Waals surface area contributed by atoms with Gasteiger partial charge in [0.2, 0.25) is 0 Å². The van der Waals surface area contributed by atoms with Crippen LogP contribution in [0.2, 0.25) is 0 Å². The number of benzene rings is 1. The van der Waals surface area contributed by atoms with Crippen LogP contribution in [0.15, 0.2) is 24.3 Å². The lowest BCUT2D eigenvalue weighted by molar-refractivity contribution is 0.235. The first-order valence-electron chi connectivity index (χ1n) is 6.24. The van der Waals surface area contributed by atoms with E-state index in [0.29, 0.717) is 0 Å². The van der Waals surface area contributed by atoms with Crippen molar-refractivity contribution in [1.29, 1.82) is 0 Å². The highest BCUT2D eigenvalue weighted by Crippen LogP contribution is 2.31. The molecule has 1 N–H and O–H groups in total. The first kappa shape index (κ1) is 16.7. The second kappa shape index (κ2) is 7.46. The van der Waals surface area contributed by atoms with Crippen LogP contribution in [0.5, 0.6) is 0 Å². The Morgan fingerprint density at radius 3 is 2.53 bits per heavy atom. The maximum absolute atomic E-state index is 3.40. The van der Waals surface area contributed by atoms with Gasteiger partial charge in [-0.15, -0.1) is 36.2 Å². The van der Waals surface area contributed by atoms with E-state index in [0.717, 1.165) is 19.6 Å². The Morgan fingerprint density at radius 1 is 1.16 bits per heavy atom. The van der Waals surface area contributed by atoms with Crippen LogP contribution in [0.4, 0.5) is 0 Å². The van der Waals surface area contributed by atoms with Crippen molar-refractivity contribution >= 4 is 46.2 Å². The van der Waals surface area contributed by atoms with Crippen LogP contribution in [0.25, 0.3) is 10.1 Å². The van der Waals surface area contributed by atoms with E-state index in [1.807, 2.05) is 11.3 Å². The molecule has 5 heteroatoms. The number of aryl methyl sites for hydroxylation is 1. The van der Waals surface area contributed by atoms with E-state index in [-0.39, 0.29) is 24.8 Å². The fourth-order valence-corrected chi connectivity index (χ4v) is 3.70. The molecule has 0 bridgehead atoms. The predicted molar refractivity (Wildman–Crippen MR) is 89.2 cm³/mol. The molecule has 1 aromatic heterocycles. The van der Waals surface area contributed by atoms with Gasteiger partial charge in [-0.3, -0.25) is 4.90 Å². The van der Waals surface area contributed by atoms with Crippen LogP contribution < -0.4 is 5.32 Å². The number of thiophene rings is 1. The van der Waals surface area contributed by atoms with Gasteiger partial charge in [0, 0.05) is 42.3 Å². The Kier molecular flexibility index (Phi) is 6.57. The summed E-state index contributed by atoms with van der Waals surface area (Å²) in [5.74, 6) is 0. The zero-order valence-electron chi connectivity index (χ0n) is 11.0. The molecule has 0 saturated carbocycles. The lowest BCUT2D eigenvalue weighted by atomic mass is 10.1. The van der Waals surface area contributed by atoms with E-state index < -0.39 is 0 Å². The second-order valence-electron chi connectivity index (χ2n) is 4.67. The van der Waals surface area contributed by atoms with E-state index in [1.165, 1.54) is 33.6 Å². The summed E-state index contributed by atoms with van der Waals surface area (Å²) in [6, 6.07) is 8.74. The molecule has 0 radical (unpaired) electrons. The number of halogens is 2. The van der Waals surface area contributed by atoms with E-state index in [1.54, 1.807) is 0 Å². The molecule has 1 fully saturated rings. The van der Waals surface area contributed by atoms with Crippen LogP contribution in [-0.2, 0) is 6.54 Å². The van der Waals surface area contributed by atoms with Crippen molar-refractivity contribution in [2.24, 2.45) is 0 Å². The standard InChI is InChI=1S/C14H18N2S.2ClH/c1-11-12-4-2-3-5-13(12)17-14(11)10-16-8-6-15-7-9-16;;/h2-5,15H,6-10H2,1H3;2*1H. The number of nitrogens with one attached hydrogen (secondary N) is 1. The molecule has 2 heterocycles. The molecule has 106 valence electrons. The van der Waals surface area contributed by atoms with E-state index >= 15 is 0 Å². The first-order chi connectivity index (χ1) is 8.34. The first-order valence-corrected chi connectivity index (χ1v) is 7.06. The molecule has 1 aliphatic rings. The maximum Gasteiger partial charge on any atom is 0.0348 e. The molecule has 1 aliphatic heterocycles. The summed E-state index contributed by atoms with van der Waals surface area (Å²) in [5.41, 5.74) is 1.48. The minimum absolute atomic E-state index is 0. The highest BCUT2D eigenvalue weighted by atomic mass is 35.5. The maximum atomic E-state index is 3.40. The highest BCUT2D eigenvalue weighted by Gasteiger charge is 2.14. The smallest absolute Gasteiger partial charge is 0.0348 e. The summed E-state index contributed by atoms with van der Waals surface area (Å²) in [5, 5.41) is 4.84. The van der Waals surface area contributed by atoms with Gasteiger partial charge in [0.25, 0.3) is 0 Å². The molecule has 1 saturated heterocycles. The van der Waals surface area contributed by atoms with Gasteiger partial charge in [-0.1, -0.05) is 18.2 Å². The summed E-state index contributed by atoms with van der Waals surface area (Å²) >= 11 is 1.96. The lowest BCUT2D eigenvalue weighted by Gasteiger charge is -2.26. The molecule has 1 aromatic carbocycles. The Balaban J connectivity index is 0.000000902. The average molecular weight is 319 g/mol. The molecule has 0 amide bonds. The van der Waals surface area contributed by atoms with Gasteiger partial charge in [-0.05, 0) is 23.9 Å². The van der Waals surface area contributed by atoms with Crippen LogP contribution in [-0.4, -0.2) is 31.1 Å². The summed E-state index contributed by atoms with van der Waals surface area (Å²) in [4.78, 5) is 4.09. The third-order valence-electron chi connectivity index (χ3n) is 3.52. The average Bonchev–Trinajstić information content (AvgIpc) is 2.68. The zero-order valence-corrected chi connectivity index (χ0v) is 13.5. The van der Waals surface area contributed by atoms with Crippen LogP contribution >= 0.6 is 36.2 Å². The van der Waals surface area contributed by atoms with E-state index in [9.17, 15) is 0 Å². The Morgan fingerprint density at radius 2 is 1.84 bits per heavy atom. The van der Waals surface area contributed by atoms with Crippen molar-refractivity contribution in [2.45, 2.75) is 13.5 Å². The molecular formula is C14H20Cl2N2S. The molecule has 0 aliphatic carbocycles. The SMILES string of the molecule is Cc1c(CN2CCNCC2)sc2ccccc12.Cl.Cl. The molecule has 2 aromatic rings. The summed E-state index contributed by atoms with van der Waals surface area (Å²) in [7, 11) is 0.